The summed E-state index contributed by atoms with van der Waals surface area (Å²) in [6, 6.07) is -0.309. The summed E-state index contributed by atoms with van der Waals surface area (Å²) in [5.41, 5.74) is -0.695. The highest BCUT2D eigenvalue weighted by Gasteiger charge is 2.43. The molecule has 1 heterocycles. The van der Waals surface area contributed by atoms with Crippen LogP contribution in [0.1, 0.15) is 54.9 Å². The number of hydrogen-bond acceptors (Lipinski definition) is 3. The molecule has 1 aliphatic heterocycles. The Hall–Kier alpha value is -0.900. The molecular formula is C16H29NO3. The van der Waals surface area contributed by atoms with Crippen LogP contribution >= 0.6 is 0 Å². The SMILES string of the molecule is CC1CCN(C(=O)C(OC(C)(C)C)C(C)(C)C)C1C=O. The molecule has 1 rings (SSSR count). The molecule has 116 valence electrons. The first-order valence-electron chi connectivity index (χ1n) is 7.41. The van der Waals surface area contributed by atoms with Crippen molar-refractivity contribution in [3.8, 4) is 0 Å². The fourth-order valence-corrected chi connectivity index (χ4v) is 2.54. The number of ether oxygens (including phenoxy) is 1. The second kappa shape index (κ2) is 5.84. The monoisotopic (exact) mass is 283 g/mol. The van der Waals surface area contributed by atoms with Crippen molar-refractivity contribution in [1.29, 1.82) is 0 Å². The summed E-state index contributed by atoms with van der Waals surface area (Å²) in [6.45, 7) is 14.5. The Morgan fingerprint density at radius 2 is 1.80 bits per heavy atom. The van der Waals surface area contributed by atoms with Gasteiger partial charge in [0.15, 0.2) is 0 Å². The minimum atomic E-state index is -0.532. The van der Waals surface area contributed by atoms with Crippen molar-refractivity contribution >= 4 is 12.2 Å². The molecule has 0 N–H and O–H groups in total. The van der Waals surface area contributed by atoms with E-state index in [4.69, 9.17) is 4.74 Å². The molecule has 0 bridgehead atoms. The van der Waals surface area contributed by atoms with Gasteiger partial charge in [0.05, 0.1) is 11.6 Å². The van der Waals surface area contributed by atoms with Crippen molar-refractivity contribution < 1.29 is 14.3 Å². The van der Waals surface area contributed by atoms with E-state index in [2.05, 4.69) is 0 Å². The second-order valence-electron chi connectivity index (χ2n) is 7.90. The lowest BCUT2D eigenvalue weighted by Crippen LogP contribution is -2.51. The van der Waals surface area contributed by atoms with E-state index in [0.717, 1.165) is 12.7 Å². The van der Waals surface area contributed by atoms with E-state index in [9.17, 15) is 9.59 Å². The first kappa shape index (κ1) is 17.2. The van der Waals surface area contributed by atoms with Gasteiger partial charge in [-0.05, 0) is 38.5 Å². The summed E-state index contributed by atoms with van der Waals surface area (Å²) < 4.78 is 6.00. The molecule has 1 aliphatic rings. The standard InChI is InChI=1S/C16H29NO3/c1-11-8-9-17(12(11)10-18)14(19)13(15(2,3)4)20-16(5,6)7/h10-13H,8-9H2,1-7H3. The molecule has 0 saturated carbocycles. The molecule has 0 radical (unpaired) electrons. The summed E-state index contributed by atoms with van der Waals surface area (Å²) in [4.78, 5) is 25.8. The number of hydrogen-bond donors (Lipinski definition) is 0. The summed E-state index contributed by atoms with van der Waals surface area (Å²) in [6.07, 6.45) is 1.24. The maximum Gasteiger partial charge on any atom is 0.252 e. The summed E-state index contributed by atoms with van der Waals surface area (Å²) in [5, 5.41) is 0. The van der Waals surface area contributed by atoms with Crippen LogP contribution in [0.25, 0.3) is 0 Å². The van der Waals surface area contributed by atoms with E-state index in [-0.39, 0.29) is 23.3 Å². The van der Waals surface area contributed by atoms with Crippen LogP contribution in [-0.4, -0.2) is 41.4 Å². The Morgan fingerprint density at radius 3 is 2.20 bits per heavy atom. The molecule has 0 aromatic carbocycles. The van der Waals surface area contributed by atoms with E-state index in [0.29, 0.717) is 6.54 Å². The topological polar surface area (TPSA) is 46.6 Å². The molecule has 1 amide bonds. The lowest BCUT2D eigenvalue weighted by molar-refractivity contribution is -0.166. The largest absolute Gasteiger partial charge is 0.362 e. The van der Waals surface area contributed by atoms with Gasteiger partial charge in [-0.2, -0.15) is 0 Å². The molecule has 1 fully saturated rings. The van der Waals surface area contributed by atoms with Crippen LogP contribution in [0.5, 0.6) is 0 Å². The number of amides is 1. The van der Waals surface area contributed by atoms with Gasteiger partial charge in [-0.25, -0.2) is 0 Å². The zero-order valence-corrected chi connectivity index (χ0v) is 13.9. The van der Waals surface area contributed by atoms with Crippen molar-refractivity contribution in [1.82, 2.24) is 4.90 Å². The first-order chi connectivity index (χ1) is 8.97. The van der Waals surface area contributed by atoms with Crippen molar-refractivity contribution in [3.63, 3.8) is 0 Å². The normalized spacial score (nSPS) is 25.6. The quantitative estimate of drug-likeness (QED) is 0.748. The van der Waals surface area contributed by atoms with Crippen molar-refractivity contribution in [2.45, 2.75) is 72.6 Å². The third-order valence-electron chi connectivity index (χ3n) is 3.67. The van der Waals surface area contributed by atoms with E-state index < -0.39 is 11.7 Å². The molecule has 3 unspecified atom stereocenters. The van der Waals surface area contributed by atoms with Crippen LogP contribution in [0.4, 0.5) is 0 Å². The van der Waals surface area contributed by atoms with Crippen LogP contribution in [-0.2, 0) is 14.3 Å². The van der Waals surface area contributed by atoms with Crippen LogP contribution in [0.3, 0.4) is 0 Å². The number of likely N-dealkylation sites (tertiary alicyclic amines) is 1. The summed E-state index contributed by atoms with van der Waals surface area (Å²) >= 11 is 0. The van der Waals surface area contributed by atoms with Crippen molar-refractivity contribution in [3.05, 3.63) is 0 Å². The Bertz CT molecular complexity index is 365. The van der Waals surface area contributed by atoms with Crippen LogP contribution in [0.15, 0.2) is 0 Å². The predicted octanol–water partition coefficient (Wildman–Crippen LogP) is 2.65. The Morgan fingerprint density at radius 1 is 1.25 bits per heavy atom. The minimum absolute atomic E-state index is 0.0612. The number of rotatable bonds is 3. The molecule has 3 atom stereocenters. The summed E-state index contributed by atoms with van der Waals surface area (Å²) in [5.74, 6) is 0.167. The van der Waals surface area contributed by atoms with Gasteiger partial charge in [0.1, 0.15) is 12.4 Å². The molecule has 20 heavy (non-hydrogen) atoms. The lowest BCUT2D eigenvalue weighted by Gasteiger charge is -2.38. The third kappa shape index (κ3) is 4.05. The molecular weight excluding hydrogens is 254 g/mol. The zero-order valence-electron chi connectivity index (χ0n) is 13.9. The molecule has 0 aromatic heterocycles. The fourth-order valence-electron chi connectivity index (χ4n) is 2.54. The maximum absolute atomic E-state index is 12.8. The van der Waals surface area contributed by atoms with Crippen molar-refractivity contribution in [2.24, 2.45) is 11.3 Å². The average molecular weight is 283 g/mol. The molecule has 0 aliphatic carbocycles. The van der Waals surface area contributed by atoms with Gasteiger partial charge in [0.25, 0.3) is 5.91 Å². The van der Waals surface area contributed by atoms with Gasteiger partial charge < -0.3 is 14.4 Å². The molecule has 0 aromatic rings. The zero-order chi connectivity index (χ0) is 15.7. The maximum atomic E-state index is 12.8. The highest BCUT2D eigenvalue weighted by molar-refractivity contribution is 5.85. The third-order valence-corrected chi connectivity index (χ3v) is 3.67. The number of aldehydes is 1. The molecule has 0 spiro atoms. The van der Waals surface area contributed by atoms with E-state index >= 15 is 0 Å². The van der Waals surface area contributed by atoms with Gasteiger partial charge in [-0.1, -0.05) is 27.7 Å². The van der Waals surface area contributed by atoms with Crippen molar-refractivity contribution in [2.75, 3.05) is 6.54 Å². The van der Waals surface area contributed by atoms with Gasteiger partial charge in [-0.3, -0.25) is 4.79 Å². The molecule has 1 saturated heterocycles. The second-order valence-corrected chi connectivity index (χ2v) is 7.90. The Balaban J connectivity index is 2.97. The van der Waals surface area contributed by atoms with E-state index in [1.165, 1.54) is 0 Å². The highest BCUT2D eigenvalue weighted by atomic mass is 16.5. The van der Waals surface area contributed by atoms with Crippen LogP contribution in [0, 0.1) is 11.3 Å². The smallest absolute Gasteiger partial charge is 0.252 e. The molecule has 4 heteroatoms. The van der Waals surface area contributed by atoms with E-state index in [1.54, 1.807) is 4.90 Å². The van der Waals surface area contributed by atoms with E-state index in [1.807, 2.05) is 48.5 Å². The molecule has 4 nitrogen and oxygen atoms in total. The van der Waals surface area contributed by atoms with Gasteiger partial charge >= 0.3 is 0 Å². The van der Waals surface area contributed by atoms with Gasteiger partial charge in [0.2, 0.25) is 0 Å². The average Bonchev–Trinajstić information content (AvgIpc) is 2.63. The number of carbonyl (C=O) groups excluding carboxylic acids is 2. The fraction of sp³-hybridized carbons (Fsp3) is 0.875. The van der Waals surface area contributed by atoms with Gasteiger partial charge in [0, 0.05) is 6.54 Å². The highest BCUT2D eigenvalue weighted by Crippen LogP contribution is 2.31. The van der Waals surface area contributed by atoms with Crippen LogP contribution in [0.2, 0.25) is 0 Å². The lowest BCUT2D eigenvalue weighted by atomic mass is 9.87. The Labute approximate surface area is 122 Å². The number of nitrogens with zero attached hydrogens (tertiary/aromatic N) is 1. The number of carbonyl (C=O) groups is 2. The minimum Gasteiger partial charge on any atom is -0.362 e. The Kier molecular flexibility index (Phi) is 5.01. The van der Waals surface area contributed by atoms with Gasteiger partial charge in [-0.15, -0.1) is 0 Å². The first-order valence-corrected chi connectivity index (χ1v) is 7.41. The predicted molar refractivity (Wildman–Crippen MR) is 79.4 cm³/mol. The van der Waals surface area contributed by atoms with Crippen LogP contribution < -0.4 is 0 Å². The summed E-state index contributed by atoms with van der Waals surface area (Å²) in [7, 11) is 0.